The Labute approximate surface area is 207 Å². The standard InChI is InChI=1S/C26H26F3N3O3S/c1-2-25(12-13-25)36(33,34)31-18-8-6-17(7-9-18)24-22(15-30)21-11-10-20(35-16-26(27,28)29)14-23(21)32(24)19-4-3-5-19/h6-11,14,19,31H,2-5,12-13,16H2,1H3. The highest BCUT2D eigenvalue weighted by molar-refractivity contribution is 7.94. The third-order valence-electron chi connectivity index (χ3n) is 7.36. The summed E-state index contributed by atoms with van der Waals surface area (Å²) in [6.07, 6.45) is 0.223. The van der Waals surface area contributed by atoms with Crippen molar-refractivity contribution < 1.29 is 26.3 Å². The lowest BCUT2D eigenvalue weighted by Gasteiger charge is -2.30. The molecule has 0 aliphatic heterocycles. The summed E-state index contributed by atoms with van der Waals surface area (Å²) >= 11 is 0. The Morgan fingerprint density at radius 2 is 1.86 bits per heavy atom. The van der Waals surface area contributed by atoms with E-state index >= 15 is 0 Å². The van der Waals surface area contributed by atoms with E-state index in [2.05, 4.69) is 10.8 Å². The van der Waals surface area contributed by atoms with Gasteiger partial charge >= 0.3 is 6.18 Å². The van der Waals surface area contributed by atoms with E-state index in [1.54, 1.807) is 36.4 Å². The van der Waals surface area contributed by atoms with Crippen molar-refractivity contribution in [2.45, 2.75) is 62.4 Å². The first-order chi connectivity index (χ1) is 17.1. The van der Waals surface area contributed by atoms with E-state index < -0.39 is 27.6 Å². The van der Waals surface area contributed by atoms with Crippen LogP contribution in [-0.4, -0.2) is 30.5 Å². The number of halogens is 3. The maximum atomic E-state index is 12.8. The van der Waals surface area contributed by atoms with Gasteiger partial charge in [0.05, 0.1) is 21.5 Å². The van der Waals surface area contributed by atoms with Crippen molar-refractivity contribution in [3.05, 3.63) is 48.0 Å². The molecule has 0 saturated heterocycles. The molecule has 1 heterocycles. The number of rotatable bonds is 8. The van der Waals surface area contributed by atoms with Crippen LogP contribution in [-0.2, 0) is 10.0 Å². The lowest BCUT2D eigenvalue weighted by atomic mass is 9.92. The van der Waals surface area contributed by atoms with Gasteiger partial charge in [-0.3, -0.25) is 4.72 Å². The largest absolute Gasteiger partial charge is 0.484 e. The first-order valence-electron chi connectivity index (χ1n) is 12.0. The predicted molar refractivity (Wildman–Crippen MR) is 131 cm³/mol. The van der Waals surface area contributed by atoms with E-state index in [1.165, 1.54) is 6.07 Å². The monoisotopic (exact) mass is 517 g/mol. The van der Waals surface area contributed by atoms with Crippen molar-refractivity contribution in [2.24, 2.45) is 0 Å². The van der Waals surface area contributed by atoms with Gasteiger partial charge in [-0.05, 0) is 68.4 Å². The summed E-state index contributed by atoms with van der Waals surface area (Å²) in [5, 5.41) is 10.7. The molecule has 6 nitrogen and oxygen atoms in total. The van der Waals surface area contributed by atoms with E-state index in [-0.39, 0.29) is 11.8 Å². The van der Waals surface area contributed by atoms with Crippen LogP contribution in [0.3, 0.4) is 0 Å². The highest BCUT2D eigenvalue weighted by Gasteiger charge is 2.53. The van der Waals surface area contributed by atoms with Gasteiger partial charge in [0.2, 0.25) is 10.0 Å². The number of alkyl halides is 3. The number of nitriles is 1. The summed E-state index contributed by atoms with van der Waals surface area (Å²) in [6.45, 7) is 0.481. The normalized spacial score (nSPS) is 17.4. The highest BCUT2D eigenvalue weighted by Crippen LogP contribution is 2.47. The maximum absolute atomic E-state index is 12.8. The summed E-state index contributed by atoms with van der Waals surface area (Å²) in [4.78, 5) is 0. The fourth-order valence-corrected chi connectivity index (χ4v) is 6.56. The molecular weight excluding hydrogens is 491 g/mol. The Morgan fingerprint density at radius 3 is 2.39 bits per heavy atom. The molecule has 1 aromatic heterocycles. The smallest absolute Gasteiger partial charge is 0.422 e. The van der Waals surface area contributed by atoms with Crippen LogP contribution in [0.2, 0.25) is 0 Å². The zero-order valence-corrected chi connectivity index (χ0v) is 20.5. The van der Waals surface area contributed by atoms with Crippen molar-refractivity contribution in [1.82, 2.24) is 4.57 Å². The summed E-state index contributed by atoms with van der Waals surface area (Å²) in [7, 11) is -3.50. The van der Waals surface area contributed by atoms with Gasteiger partial charge in [-0.15, -0.1) is 0 Å². The summed E-state index contributed by atoms with van der Waals surface area (Å²) in [5.74, 6) is 0.0867. The summed E-state index contributed by atoms with van der Waals surface area (Å²) in [6, 6.07) is 13.9. The van der Waals surface area contributed by atoms with Crippen LogP contribution >= 0.6 is 0 Å². The van der Waals surface area contributed by atoms with Crippen LogP contribution in [0.15, 0.2) is 42.5 Å². The number of benzene rings is 2. The van der Waals surface area contributed by atoms with E-state index in [1.807, 2.05) is 11.5 Å². The second kappa shape index (κ2) is 8.73. The molecule has 2 fully saturated rings. The Kier molecular flexibility index (Phi) is 5.94. The molecule has 0 unspecified atom stereocenters. The number of hydrogen-bond acceptors (Lipinski definition) is 4. The average Bonchev–Trinajstić information content (AvgIpc) is 3.55. The SMILES string of the molecule is CCC1(S(=O)(=O)Nc2ccc(-c3c(C#N)c4ccc(OCC(F)(F)F)cc4n3C3CCC3)cc2)CC1. The van der Waals surface area contributed by atoms with Crippen molar-refractivity contribution >= 4 is 26.6 Å². The molecule has 190 valence electrons. The van der Waals surface area contributed by atoms with E-state index in [0.717, 1.165) is 24.8 Å². The Hall–Kier alpha value is -3.19. The minimum Gasteiger partial charge on any atom is -0.484 e. The third kappa shape index (κ3) is 4.30. The van der Waals surface area contributed by atoms with Gasteiger partial charge in [0.25, 0.3) is 0 Å². The van der Waals surface area contributed by atoms with Gasteiger partial charge in [-0.1, -0.05) is 19.1 Å². The zero-order chi connectivity index (χ0) is 25.7. The van der Waals surface area contributed by atoms with E-state index in [0.29, 0.717) is 47.1 Å². The van der Waals surface area contributed by atoms with Crippen LogP contribution in [0.4, 0.5) is 18.9 Å². The number of anilines is 1. The fraction of sp³-hybridized carbons (Fsp3) is 0.423. The Bertz CT molecular complexity index is 1450. The van der Waals surface area contributed by atoms with Gasteiger partial charge in [0.15, 0.2) is 6.61 Å². The second-order valence-corrected chi connectivity index (χ2v) is 11.7. The predicted octanol–water partition coefficient (Wildman–Crippen LogP) is 6.53. The molecule has 2 aliphatic carbocycles. The zero-order valence-electron chi connectivity index (χ0n) is 19.7. The van der Waals surface area contributed by atoms with Gasteiger partial charge in [0, 0.05) is 23.2 Å². The van der Waals surface area contributed by atoms with Gasteiger partial charge in [-0.2, -0.15) is 18.4 Å². The quantitative estimate of drug-likeness (QED) is 0.368. The van der Waals surface area contributed by atoms with Crippen LogP contribution in [0, 0.1) is 11.3 Å². The molecule has 5 rings (SSSR count). The molecule has 10 heteroatoms. The van der Waals surface area contributed by atoms with Crippen LogP contribution in [0.5, 0.6) is 5.75 Å². The molecule has 36 heavy (non-hydrogen) atoms. The molecule has 2 saturated carbocycles. The molecule has 3 aromatic rings. The molecule has 1 N–H and O–H groups in total. The Morgan fingerprint density at radius 1 is 1.17 bits per heavy atom. The fourth-order valence-electron chi connectivity index (χ4n) is 4.88. The van der Waals surface area contributed by atoms with E-state index in [4.69, 9.17) is 4.74 Å². The lowest BCUT2D eigenvalue weighted by Crippen LogP contribution is -2.28. The molecule has 0 amide bonds. The first-order valence-corrected chi connectivity index (χ1v) is 13.5. The number of nitrogens with one attached hydrogen (secondary N) is 1. The highest BCUT2D eigenvalue weighted by atomic mass is 32.2. The summed E-state index contributed by atoms with van der Waals surface area (Å²) in [5.41, 5.74) is 2.93. The maximum Gasteiger partial charge on any atom is 0.422 e. The molecule has 2 aromatic carbocycles. The molecular formula is C26H26F3N3O3S. The number of ether oxygens (including phenoxy) is 1. The first kappa shape index (κ1) is 24.5. The van der Waals surface area contributed by atoms with Crippen molar-refractivity contribution in [2.75, 3.05) is 11.3 Å². The minimum atomic E-state index is -4.45. The van der Waals surface area contributed by atoms with Crippen LogP contribution in [0.25, 0.3) is 22.2 Å². The van der Waals surface area contributed by atoms with Crippen molar-refractivity contribution in [3.63, 3.8) is 0 Å². The van der Waals surface area contributed by atoms with Gasteiger partial charge < -0.3 is 9.30 Å². The van der Waals surface area contributed by atoms with Gasteiger partial charge in [0.1, 0.15) is 11.8 Å². The number of sulfonamides is 1. The van der Waals surface area contributed by atoms with Gasteiger partial charge in [-0.25, -0.2) is 8.42 Å². The topological polar surface area (TPSA) is 84.1 Å². The lowest BCUT2D eigenvalue weighted by molar-refractivity contribution is -0.153. The van der Waals surface area contributed by atoms with E-state index in [9.17, 15) is 26.9 Å². The molecule has 0 spiro atoms. The molecule has 2 aliphatic rings. The molecule has 0 radical (unpaired) electrons. The number of aromatic nitrogens is 1. The van der Waals surface area contributed by atoms with Crippen LogP contribution in [0.1, 0.15) is 57.1 Å². The minimum absolute atomic E-state index is 0.0867. The van der Waals surface area contributed by atoms with Crippen molar-refractivity contribution in [1.29, 1.82) is 5.26 Å². The third-order valence-corrected chi connectivity index (χ3v) is 9.70. The average molecular weight is 518 g/mol. The Balaban J connectivity index is 1.54. The second-order valence-electron chi connectivity index (χ2n) is 9.59. The number of hydrogen-bond donors (Lipinski definition) is 1. The van der Waals surface area contributed by atoms with Crippen molar-refractivity contribution in [3.8, 4) is 23.1 Å². The summed E-state index contributed by atoms with van der Waals surface area (Å²) < 4.78 is 72.6. The molecule has 0 bridgehead atoms. The number of fused-ring (bicyclic) bond motifs is 1. The number of nitrogens with zero attached hydrogens (tertiary/aromatic N) is 2. The molecule has 0 atom stereocenters. The van der Waals surface area contributed by atoms with Crippen LogP contribution < -0.4 is 9.46 Å².